The normalized spacial score (nSPS) is 14.7. The van der Waals surface area contributed by atoms with Crippen molar-refractivity contribution < 1.29 is 31.5 Å². The molecule has 212 valence electrons. The molecule has 38 heavy (non-hydrogen) atoms. The Kier molecular flexibility index (Phi) is 11.8. The molecule has 0 aliphatic rings. The van der Waals surface area contributed by atoms with Crippen LogP contribution in [-0.2, 0) is 31.1 Å². The molecule has 0 saturated heterocycles. The van der Waals surface area contributed by atoms with E-state index in [2.05, 4.69) is 5.32 Å². The molecule has 0 aromatic heterocycles. The van der Waals surface area contributed by atoms with E-state index in [1.54, 1.807) is 12.1 Å². The summed E-state index contributed by atoms with van der Waals surface area (Å²) in [6.45, 7) is 5.40. The van der Waals surface area contributed by atoms with Gasteiger partial charge in [-0.15, -0.1) is 0 Å². The highest BCUT2D eigenvalue weighted by atomic mass is 32.2. The first-order valence-corrected chi connectivity index (χ1v) is 16.1. The van der Waals surface area contributed by atoms with E-state index in [4.69, 9.17) is 4.74 Å². The van der Waals surface area contributed by atoms with Crippen molar-refractivity contribution in [3.05, 3.63) is 60.2 Å². The Labute approximate surface area is 227 Å². The molecule has 3 atom stereocenters. The zero-order chi connectivity index (χ0) is 28.5. The number of aliphatic hydroxyl groups excluding tert-OH is 1. The first kappa shape index (κ1) is 31.7. The third kappa shape index (κ3) is 10.0. The predicted molar refractivity (Wildman–Crippen MR) is 148 cm³/mol. The number of benzene rings is 2. The van der Waals surface area contributed by atoms with Gasteiger partial charge >= 0.3 is 0 Å². The van der Waals surface area contributed by atoms with Gasteiger partial charge in [0.25, 0.3) is 0 Å². The van der Waals surface area contributed by atoms with Gasteiger partial charge in [-0.25, -0.2) is 16.8 Å². The van der Waals surface area contributed by atoms with E-state index in [0.717, 1.165) is 11.8 Å². The summed E-state index contributed by atoms with van der Waals surface area (Å²) >= 11 is 0. The molecule has 0 saturated carbocycles. The highest BCUT2D eigenvalue weighted by Gasteiger charge is 2.32. The standard InChI is InChI=1S/C27H40N2O7S2/c1-20(2)15-16-29(38(34,35)24-13-11-23(36-4)12-14-24)18-26(30)25(17-22-9-7-6-8-10-22)28-27(31)21(3)19-37(5,32)33/h6-14,20-21,25-26,30H,15-19H2,1-5H3,(H,28,31). The average Bonchev–Trinajstić information content (AvgIpc) is 2.85. The smallest absolute Gasteiger partial charge is 0.243 e. The first-order chi connectivity index (χ1) is 17.7. The van der Waals surface area contributed by atoms with E-state index >= 15 is 0 Å². The predicted octanol–water partition coefficient (Wildman–Crippen LogP) is 2.50. The highest BCUT2D eigenvalue weighted by molar-refractivity contribution is 7.90. The number of hydrogen-bond donors (Lipinski definition) is 2. The van der Waals surface area contributed by atoms with Crippen LogP contribution in [0.3, 0.4) is 0 Å². The number of methoxy groups -OCH3 is 1. The fraction of sp³-hybridized carbons (Fsp3) is 0.519. The van der Waals surface area contributed by atoms with Gasteiger partial charge in [-0.1, -0.05) is 51.1 Å². The van der Waals surface area contributed by atoms with Crippen LogP contribution in [-0.4, -0.2) is 76.5 Å². The molecule has 2 rings (SSSR count). The van der Waals surface area contributed by atoms with Crippen molar-refractivity contribution in [3.8, 4) is 5.75 Å². The minimum absolute atomic E-state index is 0.0691. The summed E-state index contributed by atoms with van der Waals surface area (Å²) in [5.74, 6) is -0.957. The lowest BCUT2D eigenvalue weighted by Crippen LogP contribution is -2.52. The van der Waals surface area contributed by atoms with Crippen molar-refractivity contribution >= 4 is 25.8 Å². The third-order valence-corrected chi connectivity index (χ3v) is 9.12. The maximum Gasteiger partial charge on any atom is 0.243 e. The Morgan fingerprint density at radius 3 is 2.13 bits per heavy atom. The third-order valence-electron chi connectivity index (χ3n) is 6.13. The number of carbonyl (C=O) groups excluding carboxylic acids is 1. The number of carbonyl (C=O) groups is 1. The molecule has 0 aliphatic heterocycles. The summed E-state index contributed by atoms with van der Waals surface area (Å²) < 4.78 is 56.9. The van der Waals surface area contributed by atoms with Crippen molar-refractivity contribution in [3.63, 3.8) is 0 Å². The van der Waals surface area contributed by atoms with Crippen LogP contribution in [0.5, 0.6) is 5.75 Å². The number of rotatable bonds is 15. The molecule has 2 aromatic rings. The number of sulfonamides is 1. The van der Waals surface area contributed by atoms with E-state index < -0.39 is 43.8 Å². The number of sulfone groups is 1. The van der Waals surface area contributed by atoms with E-state index in [-0.39, 0.29) is 36.1 Å². The van der Waals surface area contributed by atoms with Crippen LogP contribution in [0.15, 0.2) is 59.5 Å². The molecule has 0 spiro atoms. The molecular formula is C27H40N2O7S2. The van der Waals surface area contributed by atoms with Gasteiger partial charge in [0.05, 0.1) is 29.9 Å². The van der Waals surface area contributed by atoms with Gasteiger partial charge < -0.3 is 15.2 Å². The van der Waals surface area contributed by atoms with Crippen molar-refractivity contribution in [2.24, 2.45) is 11.8 Å². The van der Waals surface area contributed by atoms with Crippen molar-refractivity contribution in [2.45, 2.75) is 50.7 Å². The van der Waals surface area contributed by atoms with Crippen LogP contribution in [0.25, 0.3) is 0 Å². The van der Waals surface area contributed by atoms with Crippen LogP contribution in [0.4, 0.5) is 0 Å². The Morgan fingerprint density at radius 2 is 1.61 bits per heavy atom. The lowest BCUT2D eigenvalue weighted by molar-refractivity contribution is -0.125. The minimum atomic E-state index is -3.97. The quantitative estimate of drug-likeness (QED) is 0.338. The number of nitrogens with zero attached hydrogens (tertiary/aromatic N) is 1. The molecule has 3 unspecified atom stereocenters. The van der Waals surface area contributed by atoms with Crippen molar-refractivity contribution in [2.75, 3.05) is 32.2 Å². The summed E-state index contributed by atoms with van der Waals surface area (Å²) in [5.41, 5.74) is 0.833. The number of hydrogen-bond acceptors (Lipinski definition) is 7. The molecule has 0 bridgehead atoms. The Balaban J connectivity index is 2.34. The maximum atomic E-state index is 13.6. The van der Waals surface area contributed by atoms with E-state index in [9.17, 15) is 26.7 Å². The zero-order valence-electron chi connectivity index (χ0n) is 22.7. The Hall–Kier alpha value is -2.47. The number of nitrogens with one attached hydrogen (secondary N) is 1. The van der Waals surface area contributed by atoms with Crippen molar-refractivity contribution in [1.29, 1.82) is 0 Å². The summed E-state index contributed by atoms with van der Waals surface area (Å²) in [6.07, 6.45) is 0.608. The summed E-state index contributed by atoms with van der Waals surface area (Å²) in [6, 6.07) is 14.4. The number of amides is 1. The van der Waals surface area contributed by atoms with Crippen LogP contribution in [0.2, 0.25) is 0 Å². The van der Waals surface area contributed by atoms with Gasteiger partial charge in [0, 0.05) is 25.3 Å². The molecule has 0 aliphatic carbocycles. The van der Waals surface area contributed by atoms with Crippen molar-refractivity contribution in [1.82, 2.24) is 9.62 Å². The lowest BCUT2D eigenvalue weighted by Gasteiger charge is -2.31. The van der Waals surface area contributed by atoms with E-state index in [1.165, 1.54) is 30.5 Å². The van der Waals surface area contributed by atoms with E-state index in [1.807, 2.05) is 44.2 Å². The fourth-order valence-corrected chi connectivity index (χ4v) is 6.48. The maximum absolute atomic E-state index is 13.6. The first-order valence-electron chi connectivity index (χ1n) is 12.6. The monoisotopic (exact) mass is 568 g/mol. The van der Waals surface area contributed by atoms with Gasteiger partial charge in [-0.3, -0.25) is 4.79 Å². The minimum Gasteiger partial charge on any atom is -0.497 e. The van der Waals surface area contributed by atoms with Crippen LogP contribution < -0.4 is 10.1 Å². The van der Waals surface area contributed by atoms with E-state index in [0.29, 0.717) is 12.2 Å². The topological polar surface area (TPSA) is 130 Å². The molecule has 2 N–H and O–H groups in total. The molecule has 2 aromatic carbocycles. The molecule has 11 heteroatoms. The summed E-state index contributed by atoms with van der Waals surface area (Å²) in [5, 5.41) is 14.1. The Bertz CT molecular complexity index is 1230. The number of ether oxygens (including phenoxy) is 1. The highest BCUT2D eigenvalue weighted by Crippen LogP contribution is 2.22. The molecule has 0 fully saturated rings. The molecular weight excluding hydrogens is 528 g/mol. The lowest BCUT2D eigenvalue weighted by atomic mass is 10.00. The second-order valence-corrected chi connectivity index (χ2v) is 14.2. The number of aliphatic hydroxyl groups is 1. The second-order valence-electron chi connectivity index (χ2n) is 10.1. The fourth-order valence-electron chi connectivity index (χ4n) is 3.95. The molecule has 0 heterocycles. The second kappa shape index (κ2) is 14.1. The van der Waals surface area contributed by atoms with Gasteiger partial charge in [0.2, 0.25) is 15.9 Å². The van der Waals surface area contributed by atoms with Gasteiger partial charge in [-0.2, -0.15) is 4.31 Å². The summed E-state index contributed by atoms with van der Waals surface area (Å²) in [4.78, 5) is 12.9. The van der Waals surface area contributed by atoms with Crippen LogP contribution >= 0.6 is 0 Å². The SMILES string of the molecule is COc1ccc(S(=O)(=O)N(CCC(C)C)CC(O)C(Cc2ccccc2)NC(=O)C(C)CS(C)(=O)=O)cc1. The van der Waals surface area contributed by atoms with Crippen LogP contribution in [0, 0.1) is 11.8 Å². The summed E-state index contributed by atoms with van der Waals surface area (Å²) in [7, 11) is -5.87. The van der Waals surface area contributed by atoms with Gasteiger partial charge in [-0.05, 0) is 48.6 Å². The average molecular weight is 569 g/mol. The van der Waals surface area contributed by atoms with Gasteiger partial charge in [0.1, 0.15) is 15.6 Å². The van der Waals surface area contributed by atoms with Crippen LogP contribution in [0.1, 0.15) is 32.8 Å². The Morgan fingerprint density at radius 1 is 1.00 bits per heavy atom. The molecule has 9 nitrogen and oxygen atoms in total. The molecule has 0 radical (unpaired) electrons. The zero-order valence-corrected chi connectivity index (χ0v) is 24.3. The molecule has 1 amide bonds. The van der Waals surface area contributed by atoms with Gasteiger partial charge in [0.15, 0.2) is 0 Å². The largest absolute Gasteiger partial charge is 0.497 e.